The summed E-state index contributed by atoms with van der Waals surface area (Å²) in [6, 6.07) is 55.7. The minimum Gasteiger partial charge on any atom is -0.456 e. The predicted molar refractivity (Wildman–Crippen MR) is 202 cm³/mol. The van der Waals surface area contributed by atoms with Crippen molar-refractivity contribution in [2.24, 2.45) is 0 Å². The van der Waals surface area contributed by atoms with Crippen LogP contribution in [-0.2, 0) is 0 Å². The fraction of sp³-hybridized carbons (Fsp3) is 0. The van der Waals surface area contributed by atoms with Crippen molar-refractivity contribution < 1.29 is 8.83 Å². The molecule has 3 heterocycles. The van der Waals surface area contributed by atoms with Gasteiger partial charge in [0.25, 0.3) is 0 Å². The van der Waals surface area contributed by atoms with Gasteiger partial charge >= 0.3 is 0 Å². The number of benzene rings is 7. The zero-order valence-electron chi connectivity index (χ0n) is 26.7. The van der Waals surface area contributed by atoms with Gasteiger partial charge in [-0.3, -0.25) is 0 Å². The number of aromatic nitrogens is 3. The first-order valence-corrected chi connectivity index (χ1v) is 16.6. The Balaban J connectivity index is 1.24. The third-order valence-electron chi connectivity index (χ3n) is 9.38. The van der Waals surface area contributed by atoms with Crippen molar-refractivity contribution in [3.8, 4) is 56.4 Å². The number of nitrogens with zero attached hydrogens (tertiary/aromatic N) is 3. The van der Waals surface area contributed by atoms with Crippen molar-refractivity contribution in [2.45, 2.75) is 0 Å². The van der Waals surface area contributed by atoms with Crippen LogP contribution < -0.4 is 0 Å². The van der Waals surface area contributed by atoms with Crippen LogP contribution in [0.4, 0.5) is 0 Å². The Morgan fingerprint density at radius 2 is 0.820 bits per heavy atom. The van der Waals surface area contributed by atoms with Gasteiger partial charge in [-0.15, -0.1) is 0 Å². The summed E-state index contributed by atoms with van der Waals surface area (Å²) in [4.78, 5) is 15.6. The quantitative estimate of drug-likeness (QED) is 0.187. The second-order valence-electron chi connectivity index (χ2n) is 12.3. The summed E-state index contributed by atoms with van der Waals surface area (Å²) in [6.45, 7) is 0. The van der Waals surface area contributed by atoms with Gasteiger partial charge in [-0.2, -0.15) is 0 Å². The second kappa shape index (κ2) is 11.4. The lowest BCUT2D eigenvalue weighted by molar-refractivity contribution is 0.668. The summed E-state index contributed by atoms with van der Waals surface area (Å²) in [5.74, 6) is 1.74. The van der Waals surface area contributed by atoms with Crippen molar-refractivity contribution in [1.29, 1.82) is 0 Å². The number of fused-ring (bicyclic) bond motifs is 6. The molecule has 234 valence electrons. The minimum atomic E-state index is 0.574. The number of hydrogen-bond acceptors (Lipinski definition) is 5. The number of hydrogen-bond donors (Lipinski definition) is 0. The van der Waals surface area contributed by atoms with Gasteiger partial charge < -0.3 is 8.83 Å². The molecule has 0 fully saturated rings. The lowest BCUT2D eigenvalue weighted by atomic mass is 9.91. The van der Waals surface area contributed by atoms with E-state index in [-0.39, 0.29) is 0 Å². The van der Waals surface area contributed by atoms with Gasteiger partial charge in [-0.1, -0.05) is 127 Å². The Bertz CT molecular complexity index is 2890. The standard InChI is InChI=1S/C45H27N3O2/c1-2-13-28(14-3-1)30-15-4-5-16-31(30)32-17-6-7-19-34(32)44-46-43(29-25-26-40-37(27-29)33-18-8-10-22-38(33)49-40)47-45(48-44)36-21-12-24-41-42(36)35-20-9-11-23-39(35)50-41/h1-27H. The van der Waals surface area contributed by atoms with Crippen LogP contribution in [0.1, 0.15) is 0 Å². The summed E-state index contributed by atoms with van der Waals surface area (Å²) in [5.41, 5.74) is 10.4. The highest BCUT2D eigenvalue weighted by atomic mass is 16.3. The molecule has 0 unspecified atom stereocenters. The van der Waals surface area contributed by atoms with Gasteiger partial charge in [-0.05, 0) is 58.7 Å². The average molecular weight is 642 g/mol. The van der Waals surface area contributed by atoms with Gasteiger partial charge in [-0.25, -0.2) is 15.0 Å². The molecular formula is C45H27N3O2. The van der Waals surface area contributed by atoms with Gasteiger partial charge in [0.05, 0.1) is 0 Å². The first-order chi connectivity index (χ1) is 24.8. The molecule has 5 nitrogen and oxygen atoms in total. The van der Waals surface area contributed by atoms with Crippen LogP contribution in [0.5, 0.6) is 0 Å². The lowest BCUT2D eigenvalue weighted by Crippen LogP contribution is -2.01. The van der Waals surface area contributed by atoms with E-state index >= 15 is 0 Å². The van der Waals surface area contributed by atoms with Crippen LogP contribution in [0, 0.1) is 0 Å². The van der Waals surface area contributed by atoms with E-state index < -0.39 is 0 Å². The maximum atomic E-state index is 6.28. The Labute approximate surface area is 287 Å². The summed E-state index contributed by atoms with van der Waals surface area (Å²) < 4.78 is 12.4. The number of rotatable bonds is 5. The Hall–Kier alpha value is -6.85. The molecule has 0 aliphatic rings. The fourth-order valence-corrected chi connectivity index (χ4v) is 7.07. The normalized spacial score (nSPS) is 11.6. The minimum absolute atomic E-state index is 0.574. The van der Waals surface area contributed by atoms with E-state index in [1.165, 1.54) is 0 Å². The molecule has 10 rings (SSSR count). The molecule has 0 aliphatic heterocycles. The van der Waals surface area contributed by atoms with Crippen molar-refractivity contribution in [2.75, 3.05) is 0 Å². The molecule has 0 spiro atoms. The van der Waals surface area contributed by atoms with E-state index in [1.807, 2.05) is 72.8 Å². The molecule has 0 saturated heterocycles. The number of para-hydroxylation sites is 2. The van der Waals surface area contributed by atoms with Crippen LogP contribution in [0.2, 0.25) is 0 Å². The Morgan fingerprint density at radius 1 is 0.300 bits per heavy atom. The van der Waals surface area contributed by atoms with Crippen LogP contribution >= 0.6 is 0 Å². The highest BCUT2D eigenvalue weighted by Crippen LogP contribution is 2.40. The van der Waals surface area contributed by atoms with Crippen LogP contribution in [0.15, 0.2) is 173 Å². The average Bonchev–Trinajstić information content (AvgIpc) is 3.76. The molecule has 7 aromatic carbocycles. The van der Waals surface area contributed by atoms with E-state index in [4.69, 9.17) is 23.8 Å². The predicted octanol–water partition coefficient (Wildman–Crippen LogP) is 12.0. The molecule has 0 radical (unpaired) electrons. The summed E-state index contributed by atoms with van der Waals surface area (Å²) in [7, 11) is 0. The van der Waals surface area contributed by atoms with Crippen LogP contribution in [0.25, 0.3) is 100 Å². The maximum absolute atomic E-state index is 6.28. The third-order valence-corrected chi connectivity index (χ3v) is 9.38. The SMILES string of the molecule is c1ccc(-c2ccccc2-c2ccccc2-c2nc(-c3ccc4oc5ccccc5c4c3)nc(-c3cccc4oc5ccccc5c34)n2)cc1. The van der Waals surface area contributed by atoms with Crippen molar-refractivity contribution in [1.82, 2.24) is 15.0 Å². The molecule has 0 saturated carbocycles. The molecule has 0 N–H and O–H groups in total. The molecule has 0 amide bonds. The van der Waals surface area contributed by atoms with E-state index in [2.05, 4.69) is 91.0 Å². The van der Waals surface area contributed by atoms with E-state index in [1.54, 1.807) is 0 Å². The molecule has 50 heavy (non-hydrogen) atoms. The molecule has 10 aromatic rings. The maximum Gasteiger partial charge on any atom is 0.164 e. The van der Waals surface area contributed by atoms with Gasteiger partial charge in [0.1, 0.15) is 22.3 Å². The summed E-state index contributed by atoms with van der Waals surface area (Å²) >= 11 is 0. The highest BCUT2D eigenvalue weighted by Gasteiger charge is 2.20. The Morgan fingerprint density at radius 3 is 1.62 bits per heavy atom. The largest absolute Gasteiger partial charge is 0.456 e. The van der Waals surface area contributed by atoms with Gasteiger partial charge in [0.15, 0.2) is 17.5 Å². The lowest BCUT2D eigenvalue weighted by Gasteiger charge is -2.15. The summed E-state index contributed by atoms with van der Waals surface area (Å²) in [5, 5.41) is 4.06. The second-order valence-corrected chi connectivity index (χ2v) is 12.3. The molecule has 3 aromatic heterocycles. The van der Waals surface area contributed by atoms with E-state index in [0.29, 0.717) is 17.5 Å². The molecular weight excluding hydrogens is 615 g/mol. The zero-order chi connectivity index (χ0) is 33.0. The Kier molecular flexibility index (Phi) is 6.42. The highest BCUT2D eigenvalue weighted by molar-refractivity contribution is 6.12. The van der Waals surface area contributed by atoms with Crippen molar-refractivity contribution >= 4 is 43.9 Å². The first-order valence-electron chi connectivity index (χ1n) is 16.6. The van der Waals surface area contributed by atoms with Crippen molar-refractivity contribution in [3.63, 3.8) is 0 Å². The number of furan rings is 2. The summed E-state index contributed by atoms with van der Waals surface area (Å²) in [6.07, 6.45) is 0. The topological polar surface area (TPSA) is 65.0 Å². The van der Waals surface area contributed by atoms with Crippen LogP contribution in [0.3, 0.4) is 0 Å². The van der Waals surface area contributed by atoms with Crippen LogP contribution in [-0.4, -0.2) is 15.0 Å². The third kappa shape index (κ3) is 4.60. The monoisotopic (exact) mass is 641 g/mol. The smallest absolute Gasteiger partial charge is 0.164 e. The van der Waals surface area contributed by atoms with Crippen molar-refractivity contribution in [3.05, 3.63) is 164 Å². The zero-order valence-corrected chi connectivity index (χ0v) is 26.7. The first kappa shape index (κ1) is 28.2. The molecule has 0 aliphatic carbocycles. The van der Waals surface area contributed by atoms with Gasteiger partial charge in [0.2, 0.25) is 0 Å². The molecule has 5 heteroatoms. The van der Waals surface area contributed by atoms with E-state index in [9.17, 15) is 0 Å². The fourth-order valence-electron chi connectivity index (χ4n) is 7.07. The molecule has 0 bridgehead atoms. The molecule has 0 atom stereocenters. The van der Waals surface area contributed by atoms with Gasteiger partial charge in [0, 0.05) is 38.2 Å². The van der Waals surface area contributed by atoms with E-state index in [0.717, 1.165) is 82.8 Å².